The Morgan fingerprint density at radius 1 is 0.633 bits per heavy atom. The van der Waals surface area contributed by atoms with Gasteiger partial charge < -0.3 is 24.8 Å². The van der Waals surface area contributed by atoms with E-state index in [0.29, 0.717) is 5.41 Å². The Labute approximate surface area is 389 Å². The molecule has 0 radical (unpaired) electrons. The predicted octanol–water partition coefficient (Wildman–Crippen LogP) is 9.10. The van der Waals surface area contributed by atoms with E-state index in [4.69, 9.17) is 0 Å². The first-order valence-corrected chi connectivity index (χ1v) is 22.3. The van der Waals surface area contributed by atoms with E-state index in [-0.39, 0.29) is 24.8 Å². The number of fused-ring (bicyclic) bond motifs is 3. The second kappa shape index (κ2) is 21.7. The summed E-state index contributed by atoms with van der Waals surface area (Å²) in [4.78, 5) is 0. The molecule has 0 aliphatic heterocycles. The zero-order valence-corrected chi connectivity index (χ0v) is 41.3. The summed E-state index contributed by atoms with van der Waals surface area (Å²) in [6, 6.07) is 52.5. The van der Waals surface area contributed by atoms with Crippen LogP contribution in [0.1, 0.15) is 107 Å². The van der Waals surface area contributed by atoms with Crippen molar-refractivity contribution in [3.05, 3.63) is 206 Å². The van der Waals surface area contributed by atoms with Crippen molar-refractivity contribution in [1.29, 1.82) is 0 Å². The van der Waals surface area contributed by atoms with Crippen LogP contribution in [0.2, 0.25) is 0 Å². The molecule has 3 heteroatoms. The second-order valence-electron chi connectivity index (χ2n) is 17.3. The summed E-state index contributed by atoms with van der Waals surface area (Å²) in [6.07, 6.45) is 4.80. The van der Waals surface area contributed by atoms with Gasteiger partial charge in [0.1, 0.15) is 0 Å². The van der Waals surface area contributed by atoms with Crippen molar-refractivity contribution < 1.29 is 49.0 Å². The zero-order valence-electron chi connectivity index (χ0n) is 37.3. The van der Waals surface area contributed by atoms with Gasteiger partial charge >= 0.3 is 99.2 Å². The molecular weight excluding hydrogens is 847 g/mol. The maximum absolute atomic E-state index is 3.78. The van der Waals surface area contributed by atoms with E-state index in [2.05, 4.69) is 209 Å². The van der Waals surface area contributed by atoms with E-state index in [0.717, 1.165) is 6.42 Å². The molecule has 1 aliphatic rings. The number of aryl methyl sites for hydroxylation is 7. The monoisotopic (exact) mass is 904 g/mol. The van der Waals surface area contributed by atoms with Crippen molar-refractivity contribution in [3.63, 3.8) is 0 Å². The van der Waals surface area contributed by atoms with Gasteiger partial charge in [0.2, 0.25) is 0 Å². The minimum atomic E-state index is 0. The second-order valence-corrected chi connectivity index (χ2v) is 18.6. The molecule has 7 aromatic carbocycles. The molecule has 0 aromatic heterocycles. The summed E-state index contributed by atoms with van der Waals surface area (Å²) < 4.78 is 1.42. The van der Waals surface area contributed by atoms with Gasteiger partial charge in [-0.15, -0.1) is 29.3 Å². The van der Waals surface area contributed by atoms with Crippen LogP contribution in [0.15, 0.2) is 133 Å². The predicted molar refractivity (Wildman–Crippen MR) is 248 cm³/mol. The standard InChI is InChI=1S/C31H29.C13H10.C13H21.2ClH.Zr/c1-18-11-20(3)30(21(4)12-18)24-7-9-28-26(15-24)17-27-16-25(8-10-29(27)28)31-22(5)13-19(2)14-23(31)6;1-3-7-12(8-4-1)11-13-9-5-2-6-10-13;1-5-6-7-11-8-9-12(10-11)13(2,3)4;;;/h7-15H,17H2,1-6H3;1-10H;8-10H,5-7H2,1-4H3;2*1H;/q-1;;-1;;;+2/p-2. The van der Waals surface area contributed by atoms with Gasteiger partial charge in [-0.05, 0) is 75.8 Å². The fourth-order valence-corrected chi connectivity index (χ4v) is 9.36. The fraction of sp³-hybridized carbons (Fsp3) is 0.263. The average Bonchev–Trinajstić information content (AvgIpc) is 3.82. The Bertz CT molecular complexity index is 2320. The van der Waals surface area contributed by atoms with E-state index in [9.17, 15) is 0 Å². The zero-order chi connectivity index (χ0) is 41.6. The Kier molecular flexibility index (Phi) is 17.6. The van der Waals surface area contributed by atoms with E-state index < -0.39 is 0 Å². The molecule has 0 fully saturated rings. The topological polar surface area (TPSA) is 0 Å². The molecule has 0 unspecified atom stereocenters. The van der Waals surface area contributed by atoms with Crippen LogP contribution in [-0.4, -0.2) is 3.21 Å². The van der Waals surface area contributed by atoms with E-state index in [1.54, 1.807) is 0 Å². The van der Waals surface area contributed by atoms with Gasteiger partial charge in [-0.3, -0.25) is 0 Å². The third-order valence-electron chi connectivity index (χ3n) is 11.3. The number of halogens is 2. The maximum atomic E-state index is 3.78. The molecule has 0 heterocycles. The van der Waals surface area contributed by atoms with Crippen molar-refractivity contribution in [2.45, 2.75) is 100 Å². The Balaban J connectivity index is 0.000000228. The molecule has 60 heavy (non-hydrogen) atoms. The summed E-state index contributed by atoms with van der Waals surface area (Å²) in [5.41, 5.74) is 24.6. The van der Waals surface area contributed by atoms with Gasteiger partial charge in [-0.2, -0.15) is 23.3 Å². The van der Waals surface area contributed by atoms with Gasteiger partial charge in [0.15, 0.2) is 0 Å². The molecule has 0 spiro atoms. The number of unbranched alkanes of at least 4 members (excludes halogenated alkanes) is 1. The van der Waals surface area contributed by atoms with Crippen LogP contribution >= 0.6 is 0 Å². The molecular formula is C57H60Cl2Zr-2. The van der Waals surface area contributed by atoms with E-state index in [1.807, 2.05) is 0 Å². The SMILES string of the molecule is CCCCc1cc(C(C)(C)C)c[cH-]1.Cc1cc(C)c(-c2[c-]c3c(cc2)-c2ccc(-c4c(C)cc(C)cc4C)cc2C3)c(C)c1.[Cl-].[Cl-].[Zr+2]=[C](c1ccccc1)c1ccccc1. The van der Waals surface area contributed by atoms with E-state index in [1.165, 1.54) is 147 Å². The van der Waals surface area contributed by atoms with E-state index >= 15 is 0 Å². The van der Waals surface area contributed by atoms with Gasteiger partial charge in [0, 0.05) is 0 Å². The van der Waals surface area contributed by atoms with Crippen molar-refractivity contribution in [2.24, 2.45) is 0 Å². The third kappa shape index (κ3) is 11.9. The van der Waals surface area contributed by atoms with Crippen LogP contribution in [0.3, 0.4) is 0 Å². The number of hydrogen-bond acceptors (Lipinski definition) is 0. The number of rotatable bonds is 7. The minimum absolute atomic E-state index is 0. The first kappa shape index (κ1) is 48.7. The Morgan fingerprint density at radius 3 is 1.65 bits per heavy atom. The molecule has 0 saturated carbocycles. The summed E-state index contributed by atoms with van der Waals surface area (Å²) in [7, 11) is 0. The van der Waals surface area contributed by atoms with Crippen LogP contribution < -0.4 is 24.8 Å². The van der Waals surface area contributed by atoms with Crippen molar-refractivity contribution in [3.8, 4) is 33.4 Å². The Hall–Kier alpha value is -4.00. The molecule has 8 rings (SSSR count). The number of hydrogen-bond donors (Lipinski definition) is 0. The van der Waals surface area contributed by atoms with Crippen LogP contribution in [0.5, 0.6) is 0 Å². The van der Waals surface area contributed by atoms with Gasteiger partial charge in [0.05, 0.1) is 0 Å². The van der Waals surface area contributed by atoms with Crippen LogP contribution in [0.25, 0.3) is 33.4 Å². The molecule has 1 aliphatic carbocycles. The quantitative estimate of drug-likeness (QED) is 0.140. The molecule has 0 bridgehead atoms. The summed E-state index contributed by atoms with van der Waals surface area (Å²) >= 11 is 1.46. The Morgan fingerprint density at radius 2 is 1.15 bits per heavy atom. The van der Waals surface area contributed by atoms with Gasteiger partial charge in [-0.25, -0.2) is 6.07 Å². The van der Waals surface area contributed by atoms with Crippen LogP contribution in [-0.2, 0) is 42.5 Å². The van der Waals surface area contributed by atoms with Crippen molar-refractivity contribution in [1.82, 2.24) is 0 Å². The fourth-order valence-electron chi connectivity index (χ4n) is 8.54. The van der Waals surface area contributed by atoms with Crippen LogP contribution in [0.4, 0.5) is 0 Å². The molecule has 0 saturated heterocycles. The molecule has 308 valence electrons. The number of benzene rings is 6. The van der Waals surface area contributed by atoms with Gasteiger partial charge in [-0.1, -0.05) is 134 Å². The van der Waals surface area contributed by atoms with Gasteiger partial charge in [0.25, 0.3) is 0 Å². The summed E-state index contributed by atoms with van der Waals surface area (Å²) in [5.74, 6) is 0. The molecule has 0 atom stereocenters. The van der Waals surface area contributed by atoms with Crippen molar-refractivity contribution in [2.75, 3.05) is 0 Å². The normalized spacial score (nSPS) is 11.1. The molecule has 7 aromatic rings. The average molecular weight is 907 g/mol. The van der Waals surface area contributed by atoms with Crippen molar-refractivity contribution >= 4 is 3.21 Å². The molecule has 0 N–H and O–H groups in total. The molecule has 0 amide bonds. The first-order valence-electron chi connectivity index (χ1n) is 21.0. The first-order chi connectivity index (χ1) is 27.7. The molecule has 0 nitrogen and oxygen atoms in total. The van der Waals surface area contributed by atoms with Crippen LogP contribution in [0, 0.1) is 47.6 Å². The summed E-state index contributed by atoms with van der Waals surface area (Å²) in [5, 5.41) is 0. The summed E-state index contributed by atoms with van der Waals surface area (Å²) in [6.45, 7) is 22.3. The third-order valence-corrected chi connectivity index (χ3v) is 12.7.